The normalized spacial score (nSPS) is 13.9. The van der Waals surface area contributed by atoms with Crippen LogP contribution in [0.25, 0.3) is 11.3 Å². The molecule has 116 valence electrons. The first-order valence-corrected chi connectivity index (χ1v) is 7.39. The van der Waals surface area contributed by atoms with Crippen molar-refractivity contribution in [3.05, 3.63) is 30.0 Å². The van der Waals surface area contributed by atoms with Crippen LogP contribution in [0.5, 0.6) is 11.5 Å². The van der Waals surface area contributed by atoms with E-state index in [0.717, 1.165) is 18.5 Å². The Morgan fingerprint density at radius 1 is 1.45 bits per heavy atom. The Kier molecular flexibility index (Phi) is 3.75. The highest BCUT2D eigenvalue weighted by Crippen LogP contribution is 2.42. The molecule has 0 unspecified atom stereocenters. The largest absolute Gasteiger partial charge is 0.507 e. The summed E-state index contributed by atoms with van der Waals surface area (Å²) in [4.78, 5) is 12.2. The van der Waals surface area contributed by atoms with Crippen LogP contribution in [0, 0.1) is 0 Å². The standard InChI is InChI=1S/C16H19N3O3/c1-3-17-16(21)19-14(10-4-5-10)9-13(18-19)12-8-11(22-2)6-7-15(12)20/h6-10,20H,3-5H2,1-2H3,(H,17,21). The zero-order chi connectivity index (χ0) is 15.7. The number of nitrogens with one attached hydrogen (secondary N) is 1. The van der Waals surface area contributed by atoms with Crippen molar-refractivity contribution in [3.8, 4) is 22.8 Å². The molecule has 0 aliphatic heterocycles. The average molecular weight is 301 g/mol. The van der Waals surface area contributed by atoms with Crippen LogP contribution in [0.3, 0.4) is 0 Å². The van der Waals surface area contributed by atoms with Gasteiger partial charge in [0.05, 0.1) is 18.5 Å². The molecule has 1 aromatic carbocycles. The zero-order valence-electron chi connectivity index (χ0n) is 12.7. The summed E-state index contributed by atoms with van der Waals surface area (Å²) in [6.07, 6.45) is 2.13. The van der Waals surface area contributed by atoms with Crippen LogP contribution in [-0.2, 0) is 0 Å². The van der Waals surface area contributed by atoms with Gasteiger partial charge in [0, 0.05) is 18.0 Å². The lowest BCUT2D eigenvalue weighted by Gasteiger charge is -2.06. The van der Waals surface area contributed by atoms with Gasteiger partial charge in [0.1, 0.15) is 11.5 Å². The summed E-state index contributed by atoms with van der Waals surface area (Å²) in [5, 5.41) is 17.2. The Morgan fingerprint density at radius 2 is 2.23 bits per heavy atom. The van der Waals surface area contributed by atoms with Gasteiger partial charge in [-0.3, -0.25) is 0 Å². The van der Waals surface area contributed by atoms with Gasteiger partial charge in [-0.1, -0.05) is 0 Å². The molecule has 0 spiro atoms. The molecule has 1 amide bonds. The van der Waals surface area contributed by atoms with Crippen LogP contribution in [0.15, 0.2) is 24.3 Å². The van der Waals surface area contributed by atoms with E-state index in [1.54, 1.807) is 25.3 Å². The third-order valence-corrected chi connectivity index (χ3v) is 3.73. The molecule has 1 aromatic heterocycles. The summed E-state index contributed by atoms with van der Waals surface area (Å²) < 4.78 is 6.60. The maximum atomic E-state index is 12.2. The number of phenols is 1. The topological polar surface area (TPSA) is 76.4 Å². The molecule has 6 heteroatoms. The highest BCUT2D eigenvalue weighted by molar-refractivity contribution is 5.79. The molecule has 0 atom stereocenters. The highest BCUT2D eigenvalue weighted by atomic mass is 16.5. The van der Waals surface area contributed by atoms with E-state index in [4.69, 9.17) is 4.74 Å². The van der Waals surface area contributed by atoms with Gasteiger partial charge in [0.15, 0.2) is 0 Å². The van der Waals surface area contributed by atoms with Crippen LogP contribution in [-0.4, -0.2) is 34.6 Å². The molecular formula is C16H19N3O3. The second kappa shape index (κ2) is 5.71. The fourth-order valence-corrected chi connectivity index (χ4v) is 2.43. The molecule has 1 aliphatic rings. The molecule has 1 saturated carbocycles. The van der Waals surface area contributed by atoms with Crippen molar-refractivity contribution in [2.24, 2.45) is 0 Å². The number of nitrogens with zero attached hydrogens (tertiary/aromatic N) is 2. The van der Waals surface area contributed by atoms with Crippen molar-refractivity contribution in [2.45, 2.75) is 25.7 Å². The van der Waals surface area contributed by atoms with Crippen LogP contribution in [0.2, 0.25) is 0 Å². The summed E-state index contributed by atoms with van der Waals surface area (Å²) >= 11 is 0. The number of amides is 1. The van der Waals surface area contributed by atoms with Gasteiger partial charge in [0.2, 0.25) is 0 Å². The average Bonchev–Trinajstić information content (AvgIpc) is 3.27. The number of rotatable bonds is 4. The van der Waals surface area contributed by atoms with Crippen LogP contribution in [0.4, 0.5) is 4.79 Å². The van der Waals surface area contributed by atoms with E-state index in [9.17, 15) is 9.90 Å². The minimum atomic E-state index is -0.238. The van der Waals surface area contributed by atoms with Gasteiger partial charge >= 0.3 is 6.03 Å². The van der Waals surface area contributed by atoms with Crippen LogP contribution >= 0.6 is 0 Å². The highest BCUT2D eigenvalue weighted by Gasteiger charge is 2.30. The summed E-state index contributed by atoms with van der Waals surface area (Å²) in [6.45, 7) is 2.41. The smallest absolute Gasteiger partial charge is 0.342 e. The molecule has 1 heterocycles. The first kappa shape index (κ1) is 14.4. The third-order valence-electron chi connectivity index (χ3n) is 3.73. The number of hydrogen-bond donors (Lipinski definition) is 2. The minimum absolute atomic E-state index is 0.115. The number of phenolic OH excluding ortho intramolecular Hbond substituents is 1. The molecule has 0 radical (unpaired) electrons. The Bertz CT molecular complexity index is 705. The zero-order valence-corrected chi connectivity index (χ0v) is 12.7. The predicted molar refractivity (Wildman–Crippen MR) is 82.3 cm³/mol. The fraction of sp³-hybridized carbons (Fsp3) is 0.375. The van der Waals surface area contributed by atoms with Crippen LogP contribution < -0.4 is 10.1 Å². The van der Waals surface area contributed by atoms with Gasteiger partial charge in [-0.2, -0.15) is 9.78 Å². The van der Waals surface area contributed by atoms with E-state index < -0.39 is 0 Å². The maximum Gasteiger partial charge on any atom is 0.342 e. The first-order valence-electron chi connectivity index (χ1n) is 7.39. The van der Waals surface area contributed by atoms with Crippen molar-refractivity contribution >= 4 is 6.03 Å². The first-order chi connectivity index (χ1) is 10.6. The molecule has 2 N–H and O–H groups in total. The Balaban J connectivity index is 2.04. The summed E-state index contributed by atoms with van der Waals surface area (Å²) in [6, 6.07) is 6.60. The van der Waals surface area contributed by atoms with Crippen molar-refractivity contribution < 1.29 is 14.6 Å². The number of ether oxygens (including phenoxy) is 1. The Labute approximate surface area is 128 Å². The van der Waals surface area contributed by atoms with E-state index >= 15 is 0 Å². The third kappa shape index (κ3) is 2.64. The van der Waals surface area contributed by atoms with Crippen molar-refractivity contribution in [2.75, 3.05) is 13.7 Å². The van der Waals surface area contributed by atoms with Crippen LogP contribution in [0.1, 0.15) is 31.4 Å². The van der Waals surface area contributed by atoms with E-state index in [0.29, 0.717) is 29.5 Å². The van der Waals surface area contributed by atoms with Gasteiger partial charge in [-0.15, -0.1) is 0 Å². The lowest BCUT2D eigenvalue weighted by atomic mass is 10.1. The van der Waals surface area contributed by atoms with Gasteiger partial charge in [0.25, 0.3) is 0 Å². The van der Waals surface area contributed by atoms with E-state index in [1.807, 2.05) is 13.0 Å². The summed E-state index contributed by atoms with van der Waals surface area (Å²) in [5.74, 6) is 1.12. The lowest BCUT2D eigenvalue weighted by molar-refractivity contribution is 0.239. The Hall–Kier alpha value is -2.50. The molecule has 22 heavy (non-hydrogen) atoms. The second-order valence-electron chi connectivity index (χ2n) is 5.36. The molecule has 3 rings (SSSR count). The number of hydrogen-bond acceptors (Lipinski definition) is 4. The number of carbonyl (C=O) groups excluding carboxylic acids is 1. The molecule has 2 aromatic rings. The molecular weight excluding hydrogens is 282 g/mol. The van der Waals surface area contributed by atoms with E-state index in [-0.39, 0.29) is 11.8 Å². The molecule has 6 nitrogen and oxygen atoms in total. The maximum absolute atomic E-state index is 12.2. The molecule has 0 saturated heterocycles. The minimum Gasteiger partial charge on any atom is -0.507 e. The lowest BCUT2D eigenvalue weighted by Crippen LogP contribution is -2.30. The summed E-state index contributed by atoms with van der Waals surface area (Å²) in [7, 11) is 1.57. The quantitative estimate of drug-likeness (QED) is 0.910. The molecule has 1 aliphatic carbocycles. The number of aromatic hydroxyl groups is 1. The SMILES string of the molecule is CCNC(=O)n1nc(-c2cc(OC)ccc2O)cc1C1CC1. The molecule has 0 bridgehead atoms. The Morgan fingerprint density at radius 3 is 2.86 bits per heavy atom. The molecule has 1 fully saturated rings. The summed E-state index contributed by atoms with van der Waals surface area (Å²) in [5.41, 5.74) is 2.03. The second-order valence-corrected chi connectivity index (χ2v) is 5.36. The monoisotopic (exact) mass is 301 g/mol. The van der Waals surface area contributed by atoms with E-state index in [2.05, 4.69) is 10.4 Å². The van der Waals surface area contributed by atoms with Gasteiger partial charge in [-0.25, -0.2) is 4.79 Å². The van der Waals surface area contributed by atoms with Gasteiger partial charge in [-0.05, 0) is 44.0 Å². The fourth-order valence-electron chi connectivity index (χ4n) is 2.43. The van der Waals surface area contributed by atoms with Crippen molar-refractivity contribution in [1.82, 2.24) is 15.1 Å². The van der Waals surface area contributed by atoms with Crippen molar-refractivity contribution in [1.29, 1.82) is 0 Å². The number of carbonyl (C=O) groups is 1. The van der Waals surface area contributed by atoms with E-state index in [1.165, 1.54) is 4.68 Å². The number of aromatic nitrogens is 2. The number of benzene rings is 1. The van der Waals surface area contributed by atoms with Gasteiger partial charge < -0.3 is 15.2 Å². The van der Waals surface area contributed by atoms with Crippen molar-refractivity contribution in [3.63, 3.8) is 0 Å². The number of methoxy groups -OCH3 is 1. The predicted octanol–water partition coefficient (Wildman–Crippen LogP) is 2.72.